The fraction of sp³-hybridized carbons (Fsp3) is 0.786. The second kappa shape index (κ2) is 5.63. The van der Waals surface area contributed by atoms with Crippen LogP contribution in [-0.2, 0) is 17.8 Å². The van der Waals surface area contributed by atoms with Gasteiger partial charge >= 0.3 is 0 Å². The summed E-state index contributed by atoms with van der Waals surface area (Å²) in [6, 6.07) is 0. The van der Waals surface area contributed by atoms with Gasteiger partial charge in [-0.15, -0.1) is 0 Å². The molecule has 0 bridgehead atoms. The molecule has 0 radical (unpaired) electrons. The molecule has 0 amide bonds. The molecular formula is C14H23N3O. The molecule has 0 spiro atoms. The first-order valence-electron chi connectivity index (χ1n) is 7.06. The van der Waals surface area contributed by atoms with Crippen molar-refractivity contribution in [3.8, 4) is 0 Å². The number of carbonyl (C=O) groups is 1. The van der Waals surface area contributed by atoms with Gasteiger partial charge in [0.25, 0.3) is 0 Å². The van der Waals surface area contributed by atoms with Crippen molar-refractivity contribution in [2.75, 3.05) is 0 Å². The van der Waals surface area contributed by atoms with Gasteiger partial charge in [0.05, 0.1) is 6.42 Å². The highest BCUT2D eigenvalue weighted by Crippen LogP contribution is 2.37. The first kappa shape index (κ1) is 13.2. The lowest BCUT2D eigenvalue weighted by Gasteiger charge is -2.31. The van der Waals surface area contributed by atoms with Crippen molar-refractivity contribution in [3.63, 3.8) is 0 Å². The lowest BCUT2D eigenvalue weighted by molar-refractivity contribution is -0.129. The van der Waals surface area contributed by atoms with Gasteiger partial charge in [0.15, 0.2) is 0 Å². The second-order valence-corrected chi connectivity index (χ2v) is 5.62. The highest BCUT2D eigenvalue weighted by molar-refractivity contribution is 5.85. The Morgan fingerprint density at radius 2 is 2.11 bits per heavy atom. The van der Waals surface area contributed by atoms with Crippen molar-refractivity contribution in [2.24, 2.45) is 5.41 Å². The third-order valence-corrected chi connectivity index (χ3v) is 4.08. The van der Waals surface area contributed by atoms with Crippen LogP contribution in [0.1, 0.15) is 58.2 Å². The van der Waals surface area contributed by atoms with Crippen molar-refractivity contribution in [1.82, 2.24) is 14.8 Å². The number of ketones is 1. The average Bonchev–Trinajstić information content (AvgIpc) is 2.78. The van der Waals surface area contributed by atoms with Gasteiger partial charge in [-0.25, -0.2) is 9.67 Å². The highest BCUT2D eigenvalue weighted by Gasteiger charge is 2.34. The fourth-order valence-electron chi connectivity index (χ4n) is 2.79. The maximum absolute atomic E-state index is 12.5. The Labute approximate surface area is 109 Å². The van der Waals surface area contributed by atoms with E-state index < -0.39 is 0 Å². The molecule has 1 aliphatic rings. The summed E-state index contributed by atoms with van der Waals surface area (Å²) in [7, 11) is 0. The molecular weight excluding hydrogens is 226 g/mol. The zero-order valence-corrected chi connectivity index (χ0v) is 11.5. The van der Waals surface area contributed by atoms with Crippen LogP contribution in [0.5, 0.6) is 0 Å². The van der Waals surface area contributed by atoms with Gasteiger partial charge in [0, 0.05) is 12.0 Å². The van der Waals surface area contributed by atoms with Crippen molar-refractivity contribution >= 4 is 5.78 Å². The molecule has 100 valence electrons. The fourth-order valence-corrected chi connectivity index (χ4v) is 2.79. The minimum Gasteiger partial charge on any atom is -0.299 e. The maximum Gasteiger partial charge on any atom is 0.146 e. The molecule has 0 saturated heterocycles. The van der Waals surface area contributed by atoms with Crippen molar-refractivity contribution in [3.05, 3.63) is 12.2 Å². The predicted molar refractivity (Wildman–Crippen MR) is 70.2 cm³/mol. The van der Waals surface area contributed by atoms with Gasteiger partial charge in [-0.05, 0) is 19.3 Å². The Morgan fingerprint density at radius 3 is 2.78 bits per heavy atom. The molecule has 1 saturated carbocycles. The molecule has 0 N–H and O–H groups in total. The Hall–Kier alpha value is -1.19. The summed E-state index contributed by atoms with van der Waals surface area (Å²) >= 11 is 0. The summed E-state index contributed by atoms with van der Waals surface area (Å²) in [5.41, 5.74) is -0.124. The Morgan fingerprint density at radius 1 is 1.39 bits per heavy atom. The number of aromatic nitrogens is 3. The van der Waals surface area contributed by atoms with Crippen molar-refractivity contribution in [2.45, 2.75) is 65.3 Å². The lowest BCUT2D eigenvalue weighted by atomic mass is 9.72. The summed E-state index contributed by atoms with van der Waals surface area (Å²) in [5, 5.41) is 4.18. The second-order valence-electron chi connectivity index (χ2n) is 5.62. The van der Waals surface area contributed by atoms with Crippen LogP contribution in [0.4, 0.5) is 0 Å². The summed E-state index contributed by atoms with van der Waals surface area (Å²) in [5.74, 6) is 1.17. The van der Waals surface area contributed by atoms with Gasteiger partial charge in [-0.2, -0.15) is 5.10 Å². The van der Waals surface area contributed by atoms with Gasteiger partial charge in [-0.1, -0.05) is 33.1 Å². The van der Waals surface area contributed by atoms with E-state index >= 15 is 0 Å². The smallest absolute Gasteiger partial charge is 0.146 e. The van der Waals surface area contributed by atoms with Gasteiger partial charge in [0.1, 0.15) is 17.9 Å². The molecule has 2 rings (SSSR count). The number of rotatable bonds is 5. The molecule has 1 aromatic heterocycles. The van der Waals surface area contributed by atoms with Crippen LogP contribution in [0, 0.1) is 5.41 Å². The molecule has 0 aromatic carbocycles. The van der Waals surface area contributed by atoms with E-state index in [9.17, 15) is 4.79 Å². The van der Waals surface area contributed by atoms with Crippen LogP contribution >= 0.6 is 0 Å². The summed E-state index contributed by atoms with van der Waals surface area (Å²) in [6.07, 6.45) is 8.73. The van der Waals surface area contributed by atoms with E-state index in [1.54, 1.807) is 6.33 Å². The van der Waals surface area contributed by atoms with Crippen LogP contribution in [0.3, 0.4) is 0 Å². The average molecular weight is 249 g/mol. The number of carbonyl (C=O) groups excluding carboxylic acids is 1. The first-order chi connectivity index (χ1) is 8.65. The maximum atomic E-state index is 12.5. The summed E-state index contributed by atoms with van der Waals surface area (Å²) in [6.45, 7) is 5.07. The molecule has 0 aliphatic heterocycles. The van der Waals surface area contributed by atoms with Gasteiger partial charge in [0.2, 0.25) is 0 Å². The van der Waals surface area contributed by atoms with Crippen LogP contribution in [0.25, 0.3) is 0 Å². The van der Waals surface area contributed by atoms with E-state index in [4.69, 9.17) is 0 Å². The highest BCUT2D eigenvalue weighted by atomic mass is 16.1. The minimum atomic E-state index is -0.124. The predicted octanol–water partition coefficient (Wildman–Crippen LogP) is 2.77. The number of aryl methyl sites for hydroxylation is 1. The SMILES string of the molecule is CCCn1ncnc1CC(=O)C1(C)CCCCC1. The minimum absolute atomic E-state index is 0.124. The van der Waals surface area contributed by atoms with Crippen LogP contribution in [-0.4, -0.2) is 20.5 Å². The van der Waals surface area contributed by atoms with Crippen molar-refractivity contribution < 1.29 is 4.79 Å². The first-order valence-corrected chi connectivity index (χ1v) is 7.06. The van der Waals surface area contributed by atoms with E-state index in [-0.39, 0.29) is 5.41 Å². The molecule has 1 aliphatic carbocycles. The number of hydrogen-bond donors (Lipinski definition) is 0. The van der Waals surface area contributed by atoms with Crippen molar-refractivity contribution in [1.29, 1.82) is 0 Å². The Bertz CT molecular complexity index is 405. The molecule has 4 nitrogen and oxygen atoms in total. The Balaban J connectivity index is 2.03. The van der Waals surface area contributed by atoms with E-state index in [0.717, 1.165) is 31.6 Å². The monoisotopic (exact) mass is 249 g/mol. The van der Waals surface area contributed by atoms with E-state index in [2.05, 4.69) is 23.9 Å². The van der Waals surface area contributed by atoms with Crippen LogP contribution < -0.4 is 0 Å². The molecule has 1 heterocycles. The molecule has 0 atom stereocenters. The van der Waals surface area contributed by atoms with E-state index in [0.29, 0.717) is 12.2 Å². The van der Waals surface area contributed by atoms with Gasteiger partial charge < -0.3 is 0 Å². The van der Waals surface area contributed by atoms with Crippen LogP contribution in [0.2, 0.25) is 0 Å². The third kappa shape index (κ3) is 2.79. The number of Topliss-reactive ketones (excluding diaryl/α,β-unsaturated/α-hetero) is 1. The standard InChI is InChI=1S/C14H23N3O/c1-3-9-17-13(15-11-16-17)10-12(18)14(2)7-5-4-6-8-14/h11H,3-10H2,1-2H3. The number of hydrogen-bond acceptors (Lipinski definition) is 3. The summed E-state index contributed by atoms with van der Waals surface area (Å²) < 4.78 is 1.87. The number of nitrogens with zero attached hydrogens (tertiary/aromatic N) is 3. The molecule has 0 unspecified atom stereocenters. The molecule has 4 heteroatoms. The quantitative estimate of drug-likeness (QED) is 0.806. The zero-order chi connectivity index (χ0) is 13.0. The third-order valence-electron chi connectivity index (χ3n) is 4.08. The molecule has 1 fully saturated rings. The van der Waals surface area contributed by atoms with E-state index in [1.807, 2.05) is 4.68 Å². The van der Waals surface area contributed by atoms with Gasteiger partial charge in [-0.3, -0.25) is 4.79 Å². The van der Waals surface area contributed by atoms with Crippen LogP contribution in [0.15, 0.2) is 6.33 Å². The van der Waals surface area contributed by atoms with E-state index in [1.165, 1.54) is 19.3 Å². The normalized spacial score (nSPS) is 18.8. The Kier molecular flexibility index (Phi) is 4.15. The largest absolute Gasteiger partial charge is 0.299 e. The molecule has 1 aromatic rings. The lowest BCUT2D eigenvalue weighted by Crippen LogP contribution is -2.32. The topological polar surface area (TPSA) is 47.8 Å². The molecule has 18 heavy (non-hydrogen) atoms. The summed E-state index contributed by atoms with van der Waals surface area (Å²) in [4.78, 5) is 16.7. The zero-order valence-electron chi connectivity index (χ0n) is 11.5.